The largest absolute Gasteiger partial charge is 0.478 e. The van der Waals surface area contributed by atoms with Gasteiger partial charge in [0.15, 0.2) is 0 Å². The number of amides is 2. The van der Waals surface area contributed by atoms with Crippen molar-refractivity contribution in [3.63, 3.8) is 0 Å². The van der Waals surface area contributed by atoms with Crippen molar-refractivity contribution < 1.29 is 33.1 Å². The van der Waals surface area contributed by atoms with Crippen molar-refractivity contribution in [2.45, 2.75) is 65.8 Å². The summed E-state index contributed by atoms with van der Waals surface area (Å²) in [4.78, 5) is 38.8. The van der Waals surface area contributed by atoms with E-state index in [4.69, 9.17) is 25.8 Å². The van der Waals surface area contributed by atoms with Crippen molar-refractivity contribution in [2.75, 3.05) is 13.1 Å². The number of morpholine rings is 1. The predicted molar refractivity (Wildman–Crippen MR) is 205 cm³/mol. The molecule has 1 aliphatic heterocycles. The minimum atomic E-state index is -1.11. The van der Waals surface area contributed by atoms with Crippen molar-refractivity contribution in [1.29, 1.82) is 0 Å². The molecule has 5 aromatic rings. The second-order valence-corrected chi connectivity index (χ2v) is 14.0. The Morgan fingerprint density at radius 1 is 1.00 bits per heavy atom. The minimum absolute atomic E-state index is 0. The Balaban J connectivity index is 0.000000345. The van der Waals surface area contributed by atoms with Crippen molar-refractivity contribution >= 4 is 80.3 Å². The van der Waals surface area contributed by atoms with Crippen LogP contribution in [0, 0.1) is 25.6 Å². The highest BCUT2D eigenvalue weighted by Crippen LogP contribution is 2.40. The molecule has 0 bridgehead atoms. The Morgan fingerprint density at radius 3 is 2.23 bits per heavy atom. The van der Waals surface area contributed by atoms with Gasteiger partial charge < -0.3 is 35.3 Å². The lowest BCUT2D eigenvalue weighted by molar-refractivity contribution is -0.0586. The van der Waals surface area contributed by atoms with E-state index in [2.05, 4.69) is 31.7 Å². The summed E-state index contributed by atoms with van der Waals surface area (Å²) in [7, 11) is 0. The molecule has 0 unspecified atom stereocenters. The van der Waals surface area contributed by atoms with Gasteiger partial charge in [-0.15, -0.1) is 24.8 Å². The van der Waals surface area contributed by atoms with Gasteiger partial charge in [0.05, 0.1) is 39.0 Å². The van der Waals surface area contributed by atoms with Crippen LogP contribution in [0.25, 0.3) is 32.9 Å². The van der Waals surface area contributed by atoms with Crippen molar-refractivity contribution in [3.05, 3.63) is 86.5 Å². The highest BCUT2D eigenvalue weighted by Gasteiger charge is 2.29. The van der Waals surface area contributed by atoms with E-state index in [1.54, 1.807) is 0 Å². The van der Waals surface area contributed by atoms with Crippen molar-refractivity contribution in [1.82, 2.24) is 14.6 Å². The van der Waals surface area contributed by atoms with E-state index in [1.165, 1.54) is 6.07 Å². The van der Waals surface area contributed by atoms with E-state index < -0.39 is 17.7 Å². The number of aryl methyl sites for hydroxylation is 2. The average molecular weight is 822 g/mol. The Kier molecular flexibility index (Phi) is 12.8. The number of carboxylic acid groups (broad SMARTS) is 1. The first-order chi connectivity index (χ1) is 23.8. The number of carboxylic acids is 1. The number of ether oxygens (including phenoxy) is 1. The molecule has 11 nitrogen and oxygen atoms in total. The number of rotatable bonds is 7. The zero-order chi connectivity index (χ0) is 36.0. The number of aromatic carboxylic acids is 1. The second kappa shape index (κ2) is 16.3. The summed E-state index contributed by atoms with van der Waals surface area (Å²) < 4.78 is 26.5. The highest BCUT2D eigenvalue weighted by molar-refractivity contribution is 9.10. The summed E-state index contributed by atoms with van der Waals surface area (Å²) in [6.45, 7) is 9.67. The molecule has 2 aliphatic rings. The van der Waals surface area contributed by atoms with Gasteiger partial charge in [-0.25, -0.2) is 9.18 Å². The summed E-state index contributed by atoms with van der Waals surface area (Å²) in [5.41, 5.74) is 16.9. The maximum atomic E-state index is 13.5. The summed E-state index contributed by atoms with van der Waals surface area (Å²) in [6.07, 6.45) is 2.32. The summed E-state index contributed by atoms with van der Waals surface area (Å²) in [5.74, 6) is -0.853. The van der Waals surface area contributed by atoms with Gasteiger partial charge >= 0.3 is 5.97 Å². The molecule has 5 N–H and O–H groups in total. The van der Waals surface area contributed by atoms with Crippen molar-refractivity contribution in [3.8, 4) is 11.1 Å². The van der Waals surface area contributed by atoms with Crippen LogP contribution in [-0.4, -0.2) is 62.8 Å². The first kappa shape index (κ1) is 40.8. The lowest BCUT2D eigenvalue weighted by Crippen LogP contribution is -2.48. The van der Waals surface area contributed by atoms with Gasteiger partial charge in [0.2, 0.25) is 0 Å². The van der Waals surface area contributed by atoms with Crippen LogP contribution < -0.4 is 11.5 Å². The van der Waals surface area contributed by atoms with Crippen LogP contribution in [0.4, 0.5) is 4.39 Å². The zero-order valence-electron chi connectivity index (χ0n) is 29.1. The SMILES string of the molecule is Cc1noc(C)c1-c1cc(C(N)=O)c2c(c1)c1ccc(C(=O)N3C[C@@H](C)O[C@@H](C)C3)cc1n2CC1CC1.Cl.Cl.NCc1cc(F)c(Br)cc1C(=O)O. The summed E-state index contributed by atoms with van der Waals surface area (Å²) in [6, 6.07) is 12.1. The van der Waals surface area contributed by atoms with Gasteiger partial charge in [0.25, 0.3) is 11.8 Å². The molecule has 3 heterocycles. The topological polar surface area (TPSA) is 167 Å². The molecule has 0 radical (unpaired) electrons. The van der Waals surface area contributed by atoms with Crippen LogP contribution in [0.2, 0.25) is 0 Å². The maximum Gasteiger partial charge on any atom is 0.336 e. The average Bonchev–Trinajstić information content (AvgIpc) is 3.76. The number of aromatic nitrogens is 2. The van der Waals surface area contributed by atoms with Gasteiger partial charge in [-0.2, -0.15) is 0 Å². The number of hydrogen-bond donors (Lipinski definition) is 3. The van der Waals surface area contributed by atoms with Gasteiger partial charge in [-0.05, 0) is 110 Å². The van der Waals surface area contributed by atoms with E-state index in [1.807, 2.05) is 56.9 Å². The molecule has 15 heteroatoms. The number of carbonyl (C=O) groups excluding carboxylic acids is 2. The fourth-order valence-electron chi connectivity index (χ4n) is 6.82. The van der Waals surface area contributed by atoms with Gasteiger partial charge in [-0.3, -0.25) is 9.59 Å². The van der Waals surface area contributed by atoms with Gasteiger partial charge in [-0.1, -0.05) is 11.2 Å². The molecule has 1 aliphatic carbocycles. The molecule has 7 rings (SSSR count). The smallest absolute Gasteiger partial charge is 0.336 e. The molecule has 2 aromatic heterocycles. The number of fused-ring (bicyclic) bond motifs is 3. The molecule has 278 valence electrons. The Bertz CT molecular complexity index is 2140. The van der Waals surface area contributed by atoms with Crippen molar-refractivity contribution in [2.24, 2.45) is 17.4 Å². The number of carbonyl (C=O) groups is 3. The predicted octanol–water partition coefficient (Wildman–Crippen LogP) is 7.41. The van der Waals surface area contributed by atoms with Crippen LogP contribution in [0.15, 0.2) is 51.5 Å². The third kappa shape index (κ3) is 8.13. The number of hydrogen-bond acceptors (Lipinski definition) is 7. The molecular weight excluding hydrogens is 780 g/mol. The Hall–Kier alpha value is -4.01. The van der Waals surface area contributed by atoms with Crippen LogP contribution in [-0.2, 0) is 17.8 Å². The summed E-state index contributed by atoms with van der Waals surface area (Å²) >= 11 is 2.90. The number of nitrogens with two attached hydrogens (primary N) is 2. The normalized spacial score (nSPS) is 16.9. The lowest BCUT2D eigenvalue weighted by Gasteiger charge is -2.35. The molecule has 2 atom stereocenters. The Morgan fingerprint density at radius 2 is 1.67 bits per heavy atom. The zero-order valence-corrected chi connectivity index (χ0v) is 32.3. The molecule has 1 saturated heterocycles. The minimum Gasteiger partial charge on any atom is -0.478 e. The molecule has 2 amide bonds. The molecule has 1 saturated carbocycles. The standard InChI is InChI=1S/C29H32N4O4.C8H7BrFNO2.2ClH/c1-15-12-32(13-16(2)36-15)29(35)20-7-8-22-23-9-21(26-17(3)31-37-18(26)4)10-24(28(30)34)27(23)33(25(22)11-20)14-19-5-6-19;9-6-2-5(8(12)13)4(3-11)1-7(6)10;;/h7-11,15-16,19H,5-6,12-14H2,1-4H3,(H2,30,34);1-2H,3,11H2,(H,12,13);2*1H/t15-,16+;;;. The lowest BCUT2D eigenvalue weighted by atomic mass is 9.97. The first-order valence-electron chi connectivity index (χ1n) is 16.5. The third-order valence-corrected chi connectivity index (χ3v) is 9.84. The van der Waals surface area contributed by atoms with E-state index in [0.29, 0.717) is 35.9 Å². The fourth-order valence-corrected chi connectivity index (χ4v) is 7.17. The summed E-state index contributed by atoms with van der Waals surface area (Å²) in [5, 5.41) is 14.7. The van der Waals surface area contributed by atoms with Crippen LogP contribution in [0.3, 0.4) is 0 Å². The van der Waals surface area contributed by atoms with E-state index in [0.717, 1.165) is 64.1 Å². The molecule has 0 spiro atoms. The number of primary amides is 1. The highest BCUT2D eigenvalue weighted by atomic mass is 79.9. The van der Waals surface area contributed by atoms with Crippen LogP contribution >= 0.6 is 40.7 Å². The maximum absolute atomic E-state index is 13.5. The second-order valence-electron chi connectivity index (χ2n) is 13.2. The number of benzene rings is 3. The monoisotopic (exact) mass is 819 g/mol. The van der Waals surface area contributed by atoms with E-state index in [-0.39, 0.29) is 65.1 Å². The molecule has 52 heavy (non-hydrogen) atoms. The molecule has 2 fully saturated rings. The number of nitrogens with zero attached hydrogens (tertiary/aromatic N) is 3. The van der Waals surface area contributed by atoms with Crippen LogP contribution in [0.1, 0.15) is 74.8 Å². The Labute approximate surface area is 320 Å². The van der Waals surface area contributed by atoms with Gasteiger partial charge in [0, 0.05) is 53.6 Å². The first-order valence-corrected chi connectivity index (χ1v) is 17.3. The van der Waals surface area contributed by atoms with E-state index >= 15 is 0 Å². The fraction of sp³-hybridized carbons (Fsp3) is 0.351. The third-order valence-electron chi connectivity index (χ3n) is 9.23. The molecular formula is C37H41BrCl2FN5O6. The van der Waals surface area contributed by atoms with E-state index in [9.17, 15) is 18.8 Å². The van der Waals surface area contributed by atoms with Crippen LogP contribution in [0.5, 0.6) is 0 Å². The van der Waals surface area contributed by atoms with Gasteiger partial charge in [0.1, 0.15) is 11.6 Å². The number of halogens is 4. The molecule has 3 aromatic carbocycles. The quantitative estimate of drug-likeness (QED) is 0.153.